The molecule has 8 heteroatoms. The Morgan fingerprint density at radius 1 is 1.29 bits per heavy atom. The first-order valence-electron chi connectivity index (χ1n) is 5.88. The molecular formula is C13H12Cl2N4O2. The molecule has 0 radical (unpaired) electrons. The second-order valence-corrected chi connectivity index (χ2v) is 5.10. The van der Waals surface area contributed by atoms with Gasteiger partial charge in [0.2, 0.25) is 5.88 Å². The zero-order valence-corrected chi connectivity index (χ0v) is 12.8. The number of aryl methyl sites for hydroxylation is 1. The van der Waals surface area contributed by atoms with Crippen molar-refractivity contribution in [3.63, 3.8) is 0 Å². The molecule has 0 saturated heterocycles. The van der Waals surface area contributed by atoms with Crippen molar-refractivity contribution in [2.75, 3.05) is 0 Å². The second-order valence-electron chi connectivity index (χ2n) is 4.25. The minimum absolute atomic E-state index is 0.0811. The van der Waals surface area contributed by atoms with E-state index in [0.29, 0.717) is 32.6 Å². The van der Waals surface area contributed by atoms with Crippen LogP contribution in [0.3, 0.4) is 0 Å². The molecule has 2 rings (SSSR count). The van der Waals surface area contributed by atoms with Gasteiger partial charge in [0.25, 0.3) is 0 Å². The van der Waals surface area contributed by atoms with E-state index in [1.807, 2.05) is 0 Å². The zero-order valence-electron chi connectivity index (χ0n) is 11.3. The molecule has 3 N–H and O–H groups in total. The summed E-state index contributed by atoms with van der Waals surface area (Å²) in [6.45, 7) is 3.52. The highest BCUT2D eigenvalue weighted by Gasteiger charge is 2.18. The van der Waals surface area contributed by atoms with Crippen LogP contribution in [0.4, 0.5) is 0 Å². The highest BCUT2D eigenvalue weighted by Crippen LogP contribution is 2.33. The average Bonchev–Trinajstić information content (AvgIpc) is 2.46. The Morgan fingerprint density at radius 2 is 2.00 bits per heavy atom. The van der Waals surface area contributed by atoms with Gasteiger partial charge >= 0.3 is 0 Å². The number of halogens is 2. The Balaban J connectivity index is 2.54. The Bertz CT molecular complexity index is 720. The summed E-state index contributed by atoms with van der Waals surface area (Å²) in [6.07, 6.45) is 0. The maximum Gasteiger partial charge on any atom is 0.250 e. The molecule has 0 saturated carbocycles. The van der Waals surface area contributed by atoms with Crippen molar-refractivity contribution >= 4 is 29.0 Å². The van der Waals surface area contributed by atoms with Gasteiger partial charge in [-0.25, -0.2) is 0 Å². The molecule has 2 aromatic rings. The number of nitrogens with zero attached hydrogens (tertiary/aromatic N) is 3. The molecular weight excluding hydrogens is 315 g/mol. The monoisotopic (exact) mass is 326 g/mol. The molecule has 0 atom stereocenters. The third-order valence-corrected chi connectivity index (χ3v) is 3.43. The van der Waals surface area contributed by atoms with Crippen LogP contribution in [-0.4, -0.2) is 21.2 Å². The van der Waals surface area contributed by atoms with Crippen LogP contribution >= 0.6 is 23.2 Å². The van der Waals surface area contributed by atoms with Crippen LogP contribution in [0, 0.1) is 13.8 Å². The maximum absolute atomic E-state index is 8.90. The number of nitrogens with two attached hydrogens (primary N) is 1. The predicted molar refractivity (Wildman–Crippen MR) is 80.6 cm³/mol. The first-order valence-corrected chi connectivity index (χ1v) is 6.64. The molecule has 0 spiro atoms. The number of benzene rings is 1. The lowest BCUT2D eigenvalue weighted by Gasteiger charge is -2.13. The molecule has 21 heavy (non-hydrogen) atoms. The van der Waals surface area contributed by atoms with E-state index in [9.17, 15) is 0 Å². The Labute approximate surface area is 131 Å². The van der Waals surface area contributed by atoms with Crippen molar-refractivity contribution in [2.45, 2.75) is 13.8 Å². The van der Waals surface area contributed by atoms with Gasteiger partial charge in [0.1, 0.15) is 5.75 Å². The van der Waals surface area contributed by atoms with Gasteiger partial charge in [-0.05, 0) is 31.5 Å². The molecule has 1 aromatic heterocycles. The third-order valence-electron chi connectivity index (χ3n) is 2.89. The van der Waals surface area contributed by atoms with E-state index in [1.54, 1.807) is 26.0 Å². The standard InChI is InChI=1S/C13H12Cl2N4O2/c1-6-7(2)17-18-13(11(6)12(16)19-20)21-10-5-8(14)3-4-9(10)15/h3-5,20H,1-2H3,(H2,16,19). The van der Waals surface area contributed by atoms with Crippen molar-refractivity contribution in [3.8, 4) is 11.6 Å². The van der Waals surface area contributed by atoms with Gasteiger partial charge in [-0.15, -0.1) is 5.10 Å². The van der Waals surface area contributed by atoms with E-state index in [0.717, 1.165) is 0 Å². The molecule has 0 fully saturated rings. The van der Waals surface area contributed by atoms with Gasteiger partial charge in [-0.1, -0.05) is 28.4 Å². The van der Waals surface area contributed by atoms with Crippen molar-refractivity contribution in [3.05, 3.63) is 45.1 Å². The number of ether oxygens (including phenoxy) is 1. The fraction of sp³-hybridized carbons (Fsp3) is 0.154. The van der Waals surface area contributed by atoms with Crippen LogP contribution < -0.4 is 10.5 Å². The summed E-state index contributed by atoms with van der Waals surface area (Å²) in [5, 5.41) is 20.6. The smallest absolute Gasteiger partial charge is 0.250 e. The summed E-state index contributed by atoms with van der Waals surface area (Å²) in [7, 11) is 0. The fourth-order valence-corrected chi connectivity index (χ4v) is 1.99. The molecule has 0 unspecified atom stereocenters. The van der Waals surface area contributed by atoms with Gasteiger partial charge in [-0.3, -0.25) is 0 Å². The van der Waals surface area contributed by atoms with Gasteiger partial charge in [0, 0.05) is 11.1 Å². The summed E-state index contributed by atoms with van der Waals surface area (Å²) < 4.78 is 5.62. The van der Waals surface area contributed by atoms with E-state index in [4.69, 9.17) is 38.9 Å². The molecule has 0 bridgehead atoms. The number of rotatable bonds is 3. The van der Waals surface area contributed by atoms with Crippen molar-refractivity contribution in [1.82, 2.24) is 10.2 Å². The maximum atomic E-state index is 8.90. The van der Waals surface area contributed by atoms with Crippen molar-refractivity contribution in [2.24, 2.45) is 10.9 Å². The van der Waals surface area contributed by atoms with Crippen molar-refractivity contribution in [1.29, 1.82) is 0 Å². The van der Waals surface area contributed by atoms with E-state index in [-0.39, 0.29) is 11.7 Å². The quantitative estimate of drug-likeness (QED) is 0.390. The summed E-state index contributed by atoms with van der Waals surface area (Å²) >= 11 is 11.9. The van der Waals surface area contributed by atoms with Gasteiger partial charge in [0.05, 0.1) is 16.3 Å². The number of oxime groups is 1. The normalized spacial score (nSPS) is 11.5. The SMILES string of the molecule is Cc1nnc(Oc2cc(Cl)ccc2Cl)c(/C(N)=N/O)c1C. The first kappa shape index (κ1) is 15.3. The molecule has 0 aliphatic carbocycles. The van der Waals surface area contributed by atoms with E-state index in [1.165, 1.54) is 6.07 Å². The lowest BCUT2D eigenvalue weighted by Crippen LogP contribution is -2.18. The van der Waals surface area contributed by atoms with Crippen LogP contribution in [-0.2, 0) is 0 Å². The minimum Gasteiger partial charge on any atom is -0.435 e. The Morgan fingerprint density at radius 3 is 2.67 bits per heavy atom. The van der Waals surface area contributed by atoms with Gasteiger partial charge < -0.3 is 15.7 Å². The summed E-state index contributed by atoms with van der Waals surface area (Å²) in [5.41, 5.74) is 7.36. The first-order chi connectivity index (χ1) is 9.93. The van der Waals surface area contributed by atoms with Gasteiger partial charge in [0.15, 0.2) is 5.84 Å². The van der Waals surface area contributed by atoms with E-state index >= 15 is 0 Å². The molecule has 1 heterocycles. The van der Waals surface area contributed by atoms with Crippen LogP contribution in [0.15, 0.2) is 23.4 Å². The summed E-state index contributed by atoms with van der Waals surface area (Å²) in [6, 6.07) is 4.76. The second kappa shape index (κ2) is 6.15. The molecule has 110 valence electrons. The summed E-state index contributed by atoms with van der Waals surface area (Å²) in [5.74, 6) is 0.255. The minimum atomic E-state index is -0.126. The highest BCUT2D eigenvalue weighted by molar-refractivity contribution is 6.34. The third kappa shape index (κ3) is 3.17. The number of amidine groups is 1. The topological polar surface area (TPSA) is 93.6 Å². The van der Waals surface area contributed by atoms with Crippen molar-refractivity contribution < 1.29 is 9.94 Å². The highest BCUT2D eigenvalue weighted by atomic mass is 35.5. The number of hydrogen-bond donors (Lipinski definition) is 2. The molecule has 1 aromatic carbocycles. The van der Waals surface area contributed by atoms with Crippen LogP contribution in [0.25, 0.3) is 0 Å². The Hall–Kier alpha value is -2.05. The fourth-order valence-electron chi connectivity index (χ4n) is 1.67. The van der Waals surface area contributed by atoms with Crippen LogP contribution in [0.5, 0.6) is 11.6 Å². The van der Waals surface area contributed by atoms with Crippen LogP contribution in [0.2, 0.25) is 10.0 Å². The molecule has 0 aliphatic rings. The van der Waals surface area contributed by atoms with E-state index in [2.05, 4.69) is 15.4 Å². The van der Waals surface area contributed by atoms with Crippen LogP contribution in [0.1, 0.15) is 16.8 Å². The van der Waals surface area contributed by atoms with E-state index < -0.39 is 0 Å². The predicted octanol–water partition coefficient (Wildman–Crippen LogP) is 3.29. The molecule has 6 nitrogen and oxygen atoms in total. The number of aromatic nitrogens is 2. The Kier molecular flexibility index (Phi) is 4.50. The molecule has 0 aliphatic heterocycles. The average molecular weight is 327 g/mol. The number of hydrogen-bond acceptors (Lipinski definition) is 5. The largest absolute Gasteiger partial charge is 0.435 e. The zero-order chi connectivity index (χ0) is 15.6. The lowest BCUT2D eigenvalue weighted by atomic mass is 10.1. The lowest BCUT2D eigenvalue weighted by molar-refractivity contribution is 0.318. The van der Waals surface area contributed by atoms with Gasteiger partial charge in [-0.2, -0.15) is 5.10 Å². The summed E-state index contributed by atoms with van der Waals surface area (Å²) in [4.78, 5) is 0. The molecule has 0 amide bonds.